The first-order valence-corrected chi connectivity index (χ1v) is 14.2. The van der Waals surface area contributed by atoms with Crippen LogP contribution in [0.15, 0.2) is 0 Å². The Balaban J connectivity index is 1.38. The highest BCUT2D eigenvalue weighted by molar-refractivity contribution is 4.94. The summed E-state index contributed by atoms with van der Waals surface area (Å²) >= 11 is 0. The van der Waals surface area contributed by atoms with Crippen LogP contribution >= 0.6 is 0 Å². The Morgan fingerprint density at radius 1 is 0.800 bits per heavy atom. The monoisotopic (exact) mass is 512 g/mol. The van der Waals surface area contributed by atoms with Gasteiger partial charge in [0.2, 0.25) is 0 Å². The van der Waals surface area contributed by atoms with Crippen LogP contribution in [-0.2, 0) is 4.74 Å². The molecule has 0 aromatic carbocycles. The molecule has 0 aliphatic heterocycles. The van der Waals surface area contributed by atoms with Gasteiger partial charge < -0.3 is 0 Å². The number of alkyl halides is 6. The zero-order chi connectivity index (χ0) is 25.6. The van der Waals surface area contributed by atoms with Crippen molar-refractivity contribution in [1.82, 2.24) is 0 Å². The van der Waals surface area contributed by atoms with Gasteiger partial charge in [-0.3, -0.25) is 4.74 Å². The second kappa shape index (κ2) is 13.4. The van der Waals surface area contributed by atoms with E-state index in [1.165, 1.54) is 51.4 Å². The maximum atomic E-state index is 15.1. The molecule has 3 aliphatic rings. The van der Waals surface area contributed by atoms with E-state index in [2.05, 4.69) is 18.6 Å². The molecule has 1 nitrogen and oxygen atoms in total. The normalized spacial score (nSPS) is 39.9. The van der Waals surface area contributed by atoms with Crippen molar-refractivity contribution in [3.63, 3.8) is 0 Å². The highest BCUT2D eigenvalue weighted by atomic mass is 19.4. The second-order valence-corrected chi connectivity index (χ2v) is 12.0. The summed E-state index contributed by atoms with van der Waals surface area (Å²) in [6, 6.07) is 0. The molecule has 6 unspecified atom stereocenters. The van der Waals surface area contributed by atoms with E-state index < -0.39 is 42.8 Å². The van der Waals surface area contributed by atoms with Crippen LogP contribution in [-0.4, -0.2) is 31.0 Å². The zero-order valence-corrected chi connectivity index (χ0v) is 21.6. The standard InChI is InChI=1S/C28H46F6O/c1-3-6-20(21-12-9-18(2)10-13-21)8-5-4-7-19-11-14-23(24(29)15-19)22-16-25(30)27(26(31)17-22)35-28(32,33)34/h18-27H,3-17H2,1-2H3. The van der Waals surface area contributed by atoms with Gasteiger partial charge in [-0.25, -0.2) is 13.2 Å². The first kappa shape index (κ1) is 29.1. The zero-order valence-electron chi connectivity index (χ0n) is 21.6. The molecule has 35 heavy (non-hydrogen) atoms. The van der Waals surface area contributed by atoms with Gasteiger partial charge in [0, 0.05) is 0 Å². The first-order chi connectivity index (χ1) is 16.6. The Morgan fingerprint density at radius 2 is 1.46 bits per heavy atom. The summed E-state index contributed by atoms with van der Waals surface area (Å²) in [6.45, 7) is 4.63. The van der Waals surface area contributed by atoms with Crippen LogP contribution in [0.2, 0.25) is 0 Å². The number of unbranched alkanes of at least 4 members (excludes halogenated alkanes) is 1. The van der Waals surface area contributed by atoms with E-state index in [1.54, 1.807) is 0 Å². The third kappa shape index (κ3) is 8.81. The molecule has 0 amide bonds. The summed E-state index contributed by atoms with van der Waals surface area (Å²) in [5.74, 6) is 1.83. The molecule has 0 saturated heterocycles. The van der Waals surface area contributed by atoms with E-state index in [0.29, 0.717) is 18.8 Å². The molecule has 0 bridgehead atoms. The van der Waals surface area contributed by atoms with Gasteiger partial charge in [-0.1, -0.05) is 65.2 Å². The average molecular weight is 513 g/mol. The fourth-order valence-electron chi connectivity index (χ4n) is 7.42. The molecule has 3 fully saturated rings. The Bertz CT molecular complexity index is 593. The lowest BCUT2D eigenvalue weighted by Gasteiger charge is -2.42. The van der Waals surface area contributed by atoms with Crippen molar-refractivity contribution in [1.29, 1.82) is 0 Å². The van der Waals surface area contributed by atoms with E-state index in [4.69, 9.17) is 0 Å². The van der Waals surface area contributed by atoms with Gasteiger partial charge in [0.1, 0.15) is 24.6 Å². The molecule has 0 aromatic rings. The van der Waals surface area contributed by atoms with Gasteiger partial charge in [-0.15, -0.1) is 13.2 Å². The largest absolute Gasteiger partial charge is 0.522 e. The molecule has 7 heteroatoms. The predicted molar refractivity (Wildman–Crippen MR) is 127 cm³/mol. The SMILES string of the molecule is CCCC(CCCCC1CCC(C2CC(F)C(OC(F)(F)F)C(F)C2)C(F)C1)C1CCC(C)CC1. The Labute approximate surface area is 208 Å². The highest BCUT2D eigenvalue weighted by Gasteiger charge is 2.49. The fraction of sp³-hybridized carbons (Fsp3) is 1.00. The van der Waals surface area contributed by atoms with Crippen molar-refractivity contribution in [3.05, 3.63) is 0 Å². The molecule has 206 valence electrons. The molecule has 3 rings (SSSR count). The summed E-state index contributed by atoms with van der Waals surface area (Å²) in [6.07, 6.45) is 1.40. The lowest BCUT2D eigenvalue weighted by Crippen LogP contribution is -2.47. The average Bonchev–Trinajstić information content (AvgIpc) is 2.78. The van der Waals surface area contributed by atoms with Crippen LogP contribution in [0.25, 0.3) is 0 Å². The number of rotatable bonds is 10. The summed E-state index contributed by atoms with van der Waals surface area (Å²) in [5, 5.41) is 0. The van der Waals surface area contributed by atoms with E-state index in [-0.39, 0.29) is 12.8 Å². The van der Waals surface area contributed by atoms with Gasteiger partial charge in [0.15, 0.2) is 0 Å². The van der Waals surface area contributed by atoms with Crippen molar-refractivity contribution in [2.75, 3.05) is 0 Å². The number of ether oxygens (including phenoxy) is 1. The van der Waals surface area contributed by atoms with Gasteiger partial charge in [-0.05, 0) is 80.5 Å². The lowest BCUT2D eigenvalue weighted by atomic mass is 9.68. The summed E-state index contributed by atoms with van der Waals surface area (Å²) in [4.78, 5) is 0. The van der Waals surface area contributed by atoms with Crippen molar-refractivity contribution in [3.8, 4) is 0 Å². The van der Waals surface area contributed by atoms with E-state index in [1.807, 2.05) is 0 Å². The summed E-state index contributed by atoms with van der Waals surface area (Å²) in [7, 11) is 0. The van der Waals surface area contributed by atoms with E-state index >= 15 is 4.39 Å². The van der Waals surface area contributed by atoms with Crippen molar-refractivity contribution in [2.24, 2.45) is 35.5 Å². The minimum Gasteiger partial charge on any atom is -0.282 e. The Hall–Kier alpha value is -0.460. The molecule has 6 atom stereocenters. The second-order valence-electron chi connectivity index (χ2n) is 12.0. The minimum atomic E-state index is -5.07. The Kier molecular flexibility index (Phi) is 11.1. The van der Waals surface area contributed by atoms with Gasteiger partial charge in [0.05, 0.1) is 0 Å². The fourth-order valence-corrected chi connectivity index (χ4v) is 7.42. The predicted octanol–water partition coefficient (Wildman–Crippen LogP) is 9.53. The van der Waals surface area contributed by atoms with Crippen molar-refractivity contribution >= 4 is 0 Å². The maximum absolute atomic E-state index is 15.1. The molecular weight excluding hydrogens is 466 g/mol. The van der Waals surface area contributed by atoms with Crippen LogP contribution in [0.5, 0.6) is 0 Å². The third-order valence-electron chi connectivity index (χ3n) is 9.40. The molecular formula is C28H46F6O. The number of hydrogen-bond acceptors (Lipinski definition) is 1. The summed E-state index contributed by atoms with van der Waals surface area (Å²) in [5.41, 5.74) is 0. The van der Waals surface area contributed by atoms with E-state index in [9.17, 15) is 22.0 Å². The molecule has 3 aliphatic carbocycles. The molecule has 3 saturated carbocycles. The summed E-state index contributed by atoms with van der Waals surface area (Å²) < 4.78 is 84.7. The van der Waals surface area contributed by atoms with Crippen LogP contribution in [0.1, 0.15) is 110 Å². The van der Waals surface area contributed by atoms with Gasteiger partial charge >= 0.3 is 6.36 Å². The van der Waals surface area contributed by atoms with E-state index in [0.717, 1.165) is 37.0 Å². The maximum Gasteiger partial charge on any atom is 0.522 e. The Morgan fingerprint density at radius 3 is 2.03 bits per heavy atom. The van der Waals surface area contributed by atoms with Crippen LogP contribution in [0, 0.1) is 35.5 Å². The van der Waals surface area contributed by atoms with Crippen LogP contribution in [0.4, 0.5) is 26.3 Å². The van der Waals surface area contributed by atoms with Gasteiger partial charge in [0.25, 0.3) is 0 Å². The molecule has 0 heterocycles. The molecule has 0 radical (unpaired) electrons. The minimum absolute atomic E-state index is 0.254. The van der Waals surface area contributed by atoms with Crippen LogP contribution in [0.3, 0.4) is 0 Å². The topological polar surface area (TPSA) is 9.23 Å². The third-order valence-corrected chi connectivity index (χ3v) is 9.40. The quantitative estimate of drug-likeness (QED) is 0.209. The van der Waals surface area contributed by atoms with Crippen LogP contribution < -0.4 is 0 Å². The molecule has 0 N–H and O–H groups in total. The lowest BCUT2D eigenvalue weighted by molar-refractivity contribution is -0.358. The van der Waals surface area contributed by atoms with Gasteiger partial charge in [-0.2, -0.15) is 0 Å². The molecule has 0 aromatic heterocycles. The first-order valence-electron chi connectivity index (χ1n) is 14.2. The number of halogens is 6. The highest BCUT2D eigenvalue weighted by Crippen LogP contribution is 2.45. The van der Waals surface area contributed by atoms with Crippen molar-refractivity contribution in [2.45, 2.75) is 141 Å². The smallest absolute Gasteiger partial charge is 0.282 e. The number of hydrogen-bond donors (Lipinski definition) is 0. The van der Waals surface area contributed by atoms with Crippen molar-refractivity contribution < 1.29 is 31.1 Å². The molecule has 0 spiro atoms.